The van der Waals surface area contributed by atoms with E-state index in [-0.39, 0.29) is 0 Å². The van der Waals surface area contributed by atoms with Gasteiger partial charge in [-0.25, -0.2) is 4.98 Å². The number of hydrogen-bond acceptors (Lipinski definition) is 4. The predicted molar refractivity (Wildman–Crippen MR) is 91.0 cm³/mol. The zero-order valence-electron chi connectivity index (χ0n) is 13.0. The van der Waals surface area contributed by atoms with Gasteiger partial charge < -0.3 is 10.2 Å². The smallest absolute Gasteiger partial charge is 0.0951 e. The Morgan fingerprint density at radius 2 is 2.10 bits per heavy atom. The SMILES string of the molecule is CC(NCCc1nc2ccccc2s1)C1CCN(C)CC1. The van der Waals surface area contributed by atoms with Gasteiger partial charge in [0, 0.05) is 19.0 Å². The molecule has 2 aromatic rings. The number of nitrogens with one attached hydrogen (secondary N) is 1. The van der Waals surface area contributed by atoms with Crippen LogP contribution in [0, 0.1) is 5.92 Å². The van der Waals surface area contributed by atoms with Crippen molar-refractivity contribution >= 4 is 21.6 Å². The molecule has 0 radical (unpaired) electrons. The minimum atomic E-state index is 0.619. The summed E-state index contributed by atoms with van der Waals surface area (Å²) in [5.41, 5.74) is 1.14. The molecule has 1 aromatic heterocycles. The van der Waals surface area contributed by atoms with Crippen LogP contribution in [0.1, 0.15) is 24.8 Å². The average molecular weight is 303 g/mol. The van der Waals surface area contributed by atoms with Crippen LogP contribution in [-0.4, -0.2) is 42.6 Å². The number of benzene rings is 1. The van der Waals surface area contributed by atoms with E-state index in [1.807, 2.05) is 11.3 Å². The monoisotopic (exact) mass is 303 g/mol. The van der Waals surface area contributed by atoms with Gasteiger partial charge in [0.05, 0.1) is 15.2 Å². The van der Waals surface area contributed by atoms with Crippen LogP contribution in [-0.2, 0) is 6.42 Å². The Hall–Kier alpha value is -0.970. The van der Waals surface area contributed by atoms with Crippen molar-refractivity contribution in [2.45, 2.75) is 32.2 Å². The number of fused-ring (bicyclic) bond motifs is 1. The maximum absolute atomic E-state index is 4.70. The summed E-state index contributed by atoms with van der Waals surface area (Å²) >= 11 is 1.83. The van der Waals surface area contributed by atoms with Crippen LogP contribution in [0.2, 0.25) is 0 Å². The molecule has 1 saturated heterocycles. The van der Waals surface area contributed by atoms with Gasteiger partial charge in [0.2, 0.25) is 0 Å². The quantitative estimate of drug-likeness (QED) is 0.919. The molecule has 2 heterocycles. The molecular formula is C17H25N3S. The lowest BCUT2D eigenvalue weighted by Gasteiger charge is -2.33. The molecule has 0 amide bonds. The van der Waals surface area contributed by atoms with Gasteiger partial charge in [0.1, 0.15) is 0 Å². The first kappa shape index (κ1) is 14.9. The molecule has 1 unspecified atom stereocenters. The van der Waals surface area contributed by atoms with Gasteiger partial charge in [-0.05, 0) is 58.0 Å². The first-order valence-corrected chi connectivity index (χ1v) is 8.80. The lowest BCUT2D eigenvalue weighted by molar-refractivity contribution is 0.190. The highest BCUT2D eigenvalue weighted by molar-refractivity contribution is 7.18. The number of piperidine rings is 1. The number of thiazole rings is 1. The maximum Gasteiger partial charge on any atom is 0.0951 e. The molecule has 0 saturated carbocycles. The number of hydrogen-bond donors (Lipinski definition) is 1. The third kappa shape index (κ3) is 3.82. The Bertz CT molecular complexity index is 539. The topological polar surface area (TPSA) is 28.2 Å². The van der Waals surface area contributed by atoms with Crippen LogP contribution < -0.4 is 5.32 Å². The highest BCUT2D eigenvalue weighted by atomic mass is 32.1. The molecule has 4 heteroatoms. The van der Waals surface area contributed by atoms with Crippen LogP contribution in [0.15, 0.2) is 24.3 Å². The third-order valence-electron chi connectivity index (χ3n) is 4.61. The number of para-hydroxylation sites is 1. The van der Waals surface area contributed by atoms with Crippen molar-refractivity contribution in [3.63, 3.8) is 0 Å². The summed E-state index contributed by atoms with van der Waals surface area (Å²) in [4.78, 5) is 7.14. The molecule has 0 spiro atoms. The van der Waals surface area contributed by atoms with Crippen LogP contribution >= 0.6 is 11.3 Å². The normalized spacial score (nSPS) is 19.1. The Morgan fingerprint density at radius 3 is 2.86 bits per heavy atom. The molecule has 1 atom stereocenters. The molecule has 114 valence electrons. The number of rotatable bonds is 5. The summed E-state index contributed by atoms with van der Waals surface area (Å²) < 4.78 is 1.30. The summed E-state index contributed by atoms with van der Waals surface area (Å²) in [5, 5.41) is 4.96. The second-order valence-corrected chi connectivity index (χ2v) is 7.32. The summed E-state index contributed by atoms with van der Waals surface area (Å²) in [6.07, 6.45) is 3.69. The van der Waals surface area contributed by atoms with Crippen molar-refractivity contribution < 1.29 is 0 Å². The molecule has 1 aliphatic heterocycles. The fourth-order valence-electron chi connectivity index (χ4n) is 3.13. The van der Waals surface area contributed by atoms with Gasteiger partial charge in [-0.2, -0.15) is 0 Å². The molecular weight excluding hydrogens is 278 g/mol. The van der Waals surface area contributed by atoms with E-state index in [4.69, 9.17) is 4.98 Å². The molecule has 3 nitrogen and oxygen atoms in total. The van der Waals surface area contributed by atoms with Gasteiger partial charge in [-0.1, -0.05) is 12.1 Å². The summed E-state index contributed by atoms with van der Waals surface area (Å²) in [6.45, 7) is 5.87. The second-order valence-electron chi connectivity index (χ2n) is 6.21. The molecule has 21 heavy (non-hydrogen) atoms. The van der Waals surface area contributed by atoms with Crippen molar-refractivity contribution in [3.05, 3.63) is 29.3 Å². The average Bonchev–Trinajstić information content (AvgIpc) is 2.90. The second kappa shape index (κ2) is 6.86. The first-order chi connectivity index (χ1) is 10.2. The van der Waals surface area contributed by atoms with Gasteiger partial charge >= 0.3 is 0 Å². The minimum Gasteiger partial charge on any atom is -0.314 e. The van der Waals surface area contributed by atoms with Crippen LogP contribution in [0.3, 0.4) is 0 Å². The Morgan fingerprint density at radius 1 is 1.33 bits per heavy atom. The molecule has 1 aliphatic rings. The zero-order chi connectivity index (χ0) is 14.7. The van der Waals surface area contributed by atoms with Gasteiger partial charge in [-0.15, -0.1) is 11.3 Å². The molecule has 1 N–H and O–H groups in total. The first-order valence-electron chi connectivity index (χ1n) is 7.99. The molecule has 1 fully saturated rings. The van der Waals surface area contributed by atoms with Crippen LogP contribution in [0.4, 0.5) is 0 Å². The largest absolute Gasteiger partial charge is 0.314 e. The number of nitrogens with zero attached hydrogens (tertiary/aromatic N) is 2. The van der Waals surface area contributed by atoms with E-state index in [1.54, 1.807) is 0 Å². The Labute approximate surface area is 131 Å². The van der Waals surface area contributed by atoms with Crippen molar-refractivity contribution in [2.75, 3.05) is 26.7 Å². The maximum atomic E-state index is 4.70. The fourth-order valence-corrected chi connectivity index (χ4v) is 4.10. The van der Waals surface area contributed by atoms with E-state index in [1.165, 1.54) is 35.6 Å². The summed E-state index contributed by atoms with van der Waals surface area (Å²) in [7, 11) is 2.22. The van der Waals surface area contributed by atoms with Crippen LogP contribution in [0.5, 0.6) is 0 Å². The van der Waals surface area contributed by atoms with E-state index in [0.717, 1.165) is 24.4 Å². The third-order valence-corrected chi connectivity index (χ3v) is 5.71. The molecule has 0 bridgehead atoms. The highest BCUT2D eigenvalue weighted by Crippen LogP contribution is 2.22. The number of likely N-dealkylation sites (tertiary alicyclic amines) is 1. The molecule has 3 rings (SSSR count). The van der Waals surface area contributed by atoms with Gasteiger partial charge in [0.15, 0.2) is 0 Å². The van der Waals surface area contributed by atoms with E-state index < -0.39 is 0 Å². The Kier molecular flexibility index (Phi) is 4.88. The van der Waals surface area contributed by atoms with Gasteiger partial charge in [0.25, 0.3) is 0 Å². The predicted octanol–water partition coefficient (Wildman–Crippen LogP) is 3.16. The van der Waals surface area contributed by atoms with Crippen LogP contribution in [0.25, 0.3) is 10.2 Å². The fraction of sp³-hybridized carbons (Fsp3) is 0.588. The number of aromatic nitrogens is 1. The van der Waals surface area contributed by atoms with Crippen molar-refractivity contribution in [2.24, 2.45) is 5.92 Å². The molecule has 0 aliphatic carbocycles. The van der Waals surface area contributed by atoms with Crippen molar-refractivity contribution in [3.8, 4) is 0 Å². The summed E-state index contributed by atoms with van der Waals surface area (Å²) in [6, 6.07) is 9.03. The van der Waals surface area contributed by atoms with E-state index in [9.17, 15) is 0 Å². The van der Waals surface area contributed by atoms with Crippen molar-refractivity contribution in [1.82, 2.24) is 15.2 Å². The zero-order valence-corrected chi connectivity index (χ0v) is 13.8. The van der Waals surface area contributed by atoms with Gasteiger partial charge in [-0.3, -0.25) is 0 Å². The summed E-state index contributed by atoms with van der Waals surface area (Å²) in [5.74, 6) is 0.830. The van der Waals surface area contributed by atoms with Crippen molar-refractivity contribution in [1.29, 1.82) is 0 Å². The lowest BCUT2D eigenvalue weighted by atomic mass is 9.90. The van der Waals surface area contributed by atoms with E-state index in [2.05, 4.69) is 48.5 Å². The van der Waals surface area contributed by atoms with E-state index in [0.29, 0.717) is 6.04 Å². The standard InChI is InChI=1S/C17H25N3S/c1-13(14-8-11-20(2)12-9-14)18-10-7-17-19-15-5-3-4-6-16(15)21-17/h3-6,13-14,18H,7-12H2,1-2H3. The molecule has 1 aromatic carbocycles. The Balaban J connectivity index is 1.47. The minimum absolute atomic E-state index is 0.619. The highest BCUT2D eigenvalue weighted by Gasteiger charge is 2.21. The lowest BCUT2D eigenvalue weighted by Crippen LogP contribution is -2.41. The van der Waals surface area contributed by atoms with E-state index >= 15 is 0 Å².